The Bertz CT molecular complexity index is 901. The monoisotopic (exact) mass is 433 g/mol. The first kappa shape index (κ1) is 22.3. The number of guanidine groups is 1. The van der Waals surface area contributed by atoms with E-state index < -0.39 is 0 Å². The average molecular weight is 434 g/mol. The molecule has 6 heteroatoms. The second-order valence-electron chi connectivity index (χ2n) is 8.75. The summed E-state index contributed by atoms with van der Waals surface area (Å²) in [7, 11) is 1.79. The predicted molar refractivity (Wildman–Crippen MR) is 131 cm³/mol. The molecule has 32 heavy (non-hydrogen) atoms. The van der Waals surface area contributed by atoms with E-state index in [1.54, 1.807) is 7.05 Å². The number of nitrogens with zero attached hydrogens (tertiary/aromatic N) is 3. The van der Waals surface area contributed by atoms with E-state index in [0.29, 0.717) is 13.0 Å². The molecule has 2 heterocycles. The van der Waals surface area contributed by atoms with Crippen LogP contribution in [0, 0.1) is 0 Å². The molecule has 2 saturated heterocycles. The fraction of sp³-hybridized carbons (Fsp3) is 0.462. The zero-order valence-electron chi connectivity index (χ0n) is 19.1. The first-order chi connectivity index (χ1) is 15.7. The number of piperidine rings is 1. The molecule has 4 rings (SSSR count). The molecule has 0 bridgehead atoms. The van der Waals surface area contributed by atoms with E-state index >= 15 is 0 Å². The topological polar surface area (TPSA) is 60.0 Å². The molecule has 0 saturated carbocycles. The number of aliphatic imine (C=N–C) groups is 1. The molecule has 170 valence electrons. The highest BCUT2D eigenvalue weighted by Crippen LogP contribution is 2.21. The Morgan fingerprint density at radius 1 is 0.812 bits per heavy atom. The maximum absolute atomic E-state index is 12.1. The zero-order chi connectivity index (χ0) is 22.2. The van der Waals surface area contributed by atoms with Gasteiger partial charge in [0.2, 0.25) is 5.91 Å². The normalized spacial score (nSPS) is 17.6. The van der Waals surface area contributed by atoms with Gasteiger partial charge in [-0.2, -0.15) is 0 Å². The van der Waals surface area contributed by atoms with Crippen molar-refractivity contribution in [2.45, 2.75) is 51.7 Å². The van der Waals surface area contributed by atoms with Crippen molar-refractivity contribution in [2.24, 2.45) is 4.99 Å². The van der Waals surface area contributed by atoms with Crippen LogP contribution in [0.3, 0.4) is 0 Å². The van der Waals surface area contributed by atoms with E-state index in [1.165, 1.54) is 37.1 Å². The highest BCUT2D eigenvalue weighted by atomic mass is 16.2. The van der Waals surface area contributed by atoms with Crippen LogP contribution in [0.15, 0.2) is 53.5 Å². The lowest BCUT2D eigenvalue weighted by Gasteiger charge is -2.26. The van der Waals surface area contributed by atoms with Crippen molar-refractivity contribution >= 4 is 17.6 Å². The maximum atomic E-state index is 12.1. The fourth-order valence-corrected chi connectivity index (χ4v) is 4.43. The SMILES string of the molecule is CN=C(NCc1ccc(CN2CCCC2)cc1)NCc1ccc(N2CCCCC2=O)cc1. The number of amides is 1. The van der Waals surface area contributed by atoms with Crippen LogP contribution in [0.2, 0.25) is 0 Å². The Balaban J connectivity index is 1.23. The van der Waals surface area contributed by atoms with Crippen LogP contribution in [-0.4, -0.2) is 43.4 Å². The highest BCUT2D eigenvalue weighted by molar-refractivity contribution is 5.93. The number of carbonyl (C=O) groups excluding carboxylic acids is 1. The van der Waals surface area contributed by atoms with Crippen LogP contribution in [0.4, 0.5) is 5.69 Å². The smallest absolute Gasteiger partial charge is 0.226 e. The van der Waals surface area contributed by atoms with Crippen molar-refractivity contribution in [1.29, 1.82) is 0 Å². The third-order valence-electron chi connectivity index (χ3n) is 6.34. The minimum atomic E-state index is 0.232. The molecule has 2 aliphatic heterocycles. The number of nitrogens with one attached hydrogen (secondary N) is 2. The van der Waals surface area contributed by atoms with Crippen molar-refractivity contribution < 1.29 is 4.79 Å². The van der Waals surface area contributed by atoms with Crippen molar-refractivity contribution in [3.63, 3.8) is 0 Å². The van der Waals surface area contributed by atoms with Crippen LogP contribution >= 0.6 is 0 Å². The molecule has 2 aliphatic rings. The molecule has 0 atom stereocenters. The van der Waals surface area contributed by atoms with Crippen molar-refractivity contribution in [3.8, 4) is 0 Å². The van der Waals surface area contributed by atoms with E-state index in [1.807, 2.05) is 17.0 Å². The number of carbonyl (C=O) groups is 1. The second kappa shape index (κ2) is 11.1. The lowest BCUT2D eigenvalue weighted by molar-refractivity contribution is -0.119. The van der Waals surface area contributed by atoms with E-state index in [4.69, 9.17) is 0 Å². The van der Waals surface area contributed by atoms with Gasteiger partial charge < -0.3 is 15.5 Å². The predicted octanol–water partition coefficient (Wildman–Crippen LogP) is 3.66. The third-order valence-corrected chi connectivity index (χ3v) is 6.34. The molecule has 6 nitrogen and oxygen atoms in total. The van der Waals surface area contributed by atoms with Gasteiger partial charge in [-0.25, -0.2) is 0 Å². The van der Waals surface area contributed by atoms with Crippen molar-refractivity contribution in [1.82, 2.24) is 15.5 Å². The molecule has 0 spiro atoms. The molecule has 2 aromatic carbocycles. The standard InChI is InChI=1S/C26H35N5O/c1-27-26(28-18-21-7-9-23(10-8-21)20-30-15-4-5-16-30)29-19-22-11-13-24(14-12-22)31-17-3-2-6-25(31)32/h7-14H,2-6,15-20H2,1H3,(H2,27,28,29). The number of hydrogen-bond donors (Lipinski definition) is 2. The minimum Gasteiger partial charge on any atom is -0.352 e. The molecule has 0 unspecified atom stereocenters. The molecule has 0 aromatic heterocycles. The van der Waals surface area contributed by atoms with Gasteiger partial charge in [0.05, 0.1) is 0 Å². The molecule has 1 amide bonds. The highest BCUT2D eigenvalue weighted by Gasteiger charge is 2.19. The lowest BCUT2D eigenvalue weighted by atomic mass is 10.1. The van der Waals surface area contributed by atoms with Gasteiger partial charge in [0.25, 0.3) is 0 Å². The first-order valence-electron chi connectivity index (χ1n) is 11.9. The lowest BCUT2D eigenvalue weighted by Crippen LogP contribution is -2.36. The van der Waals surface area contributed by atoms with Crippen LogP contribution in [0.5, 0.6) is 0 Å². The van der Waals surface area contributed by atoms with Gasteiger partial charge in [0.1, 0.15) is 0 Å². The van der Waals surface area contributed by atoms with Crippen molar-refractivity contribution in [2.75, 3.05) is 31.6 Å². The number of rotatable bonds is 7. The Labute approximate surface area is 191 Å². The van der Waals surface area contributed by atoms with E-state index in [2.05, 4.69) is 56.9 Å². The summed E-state index contributed by atoms with van der Waals surface area (Å²) >= 11 is 0. The van der Waals surface area contributed by atoms with Gasteiger partial charge in [0, 0.05) is 45.3 Å². The van der Waals surface area contributed by atoms with Crippen LogP contribution < -0.4 is 15.5 Å². The Kier molecular flexibility index (Phi) is 7.77. The van der Waals surface area contributed by atoms with E-state index in [0.717, 1.165) is 49.7 Å². The fourth-order valence-electron chi connectivity index (χ4n) is 4.43. The molecule has 2 fully saturated rings. The summed E-state index contributed by atoms with van der Waals surface area (Å²) in [6.07, 6.45) is 5.41. The van der Waals surface area contributed by atoms with Crippen molar-refractivity contribution in [3.05, 3.63) is 65.2 Å². The maximum Gasteiger partial charge on any atom is 0.226 e. The summed E-state index contributed by atoms with van der Waals surface area (Å²) in [6.45, 7) is 5.75. The summed E-state index contributed by atoms with van der Waals surface area (Å²) < 4.78 is 0. The Morgan fingerprint density at radius 2 is 1.38 bits per heavy atom. The zero-order valence-corrected chi connectivity index (χ0v) is 19.1. The quantitative estimate of drug-likeness (QED) is 0.517. The van der Waals surface area contributed by atoms with Gasteiger partial charge >= 0.3 is 0 Å². The largest absolute Gasteiger partial charge is 0.352 e. The van der Waals surface area contributed by atoms with Gasteiger partial charge in [-0.05, 0) is 67.6 Å². The first-order valence-corrected chi connectivity index (χ1v) is 11.9. The summed E-state index contributed by atoms with van der Waals surface area (Å²) in [5, 5.41) is 6.77. The van der Waals surface area contributed by atoms with Gasteiger partial charge in [-0.1, -0.05) is 36.4 Å². The molecule has 2 aromatic rings. The van der Waals surface area contributed by atoms with E-state index in [-0.39, 0.29) is 5.91 Å². The average Bonchev–Trinajstić information content (AvgIpc) is 3.34. The third kappa shape index (κ3) is 6.10. The van der Waals surface area contributed by atoms with E-state index in [9.17, 15) is 4.79 Å². The summed E-state index contributed by atoms with van der Waals surface area (Å²) in [5.74, 6) is 1.01. The molecule has 0 radical (unpaired) electrons. The van der Waals surface area contributed by atoms with Gasteiger partial charge in [-0.15, -0.1) is 0 Å². The summed E-state index contributed by atoms with van der Waals surface area (Å²) in [5.41, 5.74) is 4.78. The summed E-state index contributed by atoms with van der Waals surface area (Å²) in [6, 6.07) is 17.1. The summed E-state index contributed by atoms with van der Waals surface area (Å²) in [4.78, 5) is 20.9. The number of anilines is 1. The molecule has 0 aliphatic carbocycles. The molecule has 2 N–H and O–H groups in total. The van der Waals surface area contributed by atoms with Gasteiger partial charge in [0.15, 0.2) is 5.96 Å². The second-order valence-corrected chi connectivity index (χ2v) is 8.75. The molecular weight excluding hydrogens is 398 g/mol. The Morgan fingerprint density at radius 3 is 1.97 bits per heavy atom. The van der Waals surface area contributed by atoms with Crippen LogP contribution in [0.25, 0.3) is 0 Å². The Hall–Kier alpha value is -2.86. The number of benzene rings is 2. The van der Waals surface area contributed by atoms with Crippen LogP contribution in [0.1, 0.15) is 48.8 Å². The van der Waals surface area contributed by atoms with Gasteiger partial charge in [-0.3, -0.25) is 14.7 Å². The number of likely N-dealkylation sites (tertiary alicyclic amines) is 1. The number of hydrogen-bond acceptors (Lipinski definition) is 3. The molecular formula is C26H35N5O. The van der Waals surface area contributed by atoms with Crippen LogP contribution in [-0.2, 0) is 24.4 Å². The minimum absolute atomic E-state index is 0.232.